The summed E-state index contributed by atoms with van der Waals surface area (Å²) >= 11 is 0. The summed E-state index contributed by atoms with van der Waals surface area (Å²) in [5.41, 5.74) is 0.0647. The van der Waals surface area contributed by atoms with Gasteiger partial charge >= 0.3 is 5.97 Å². The number of hydrogen-bond donors (Lipinski definition) is 1. The number of rotatable bonds is 2. The Labute approximate surface area is 84.5 Å². The fraction of sp³-hybridized carbons (Fsp3) is 0. The normalized spacial score (nSPS) is 10.1. The van der Waals surface area contributed by atoms with Gasteiger partial charge in [0.2, 0.25) is 0 Å². The highest BCUT2D eigenvalue weighted by molar-refractivity contribution is 5.95. The summed E-state index contributed by atoms with van der Waals surface area (Å²) in [5.74, 6) is -1.30. The van der Waals surface area contributed by atoms with Crippen molar-refractivity contribution in [3.05, 3.63) is 48.2 Å². The average molecular weight is 205 g/mol. The highest BCUT2D eigenvalue weighted by Crippen LogP contribution is 2.07. The Morgan fingerprint density at radius 2 is 2.13 bits per heavy atom. The first-order valence-electron chi connectivity index (χ1n) is 4.18. The quantitative estimate of drug-likeness (QED) is 0.805. The minimum Gasteiger partial charge on any atom is -0.478 e. The van der Waals surface area contributed by atoms with Crippen LogP contribution in [0, 0.1) is 0 Å². The lowest BCUT2D eigenvalue weighted by atomic mass is 10.3. The molecule has 0 aliphatic carbocycles. The summed E-state index contributed by atoms with van der Waals surface area (Å²) in [5, 5.41) is 8.66. The zero-order chi connectivity index (χ0) is 10.8. The van der Waals surface area contributed by atoms with Crippen LogP contribution in [0.3, 0.4) is 0 Å². The molecule has 0 saturated heterocycles. The number of carbonyl (C=O) groups is 2. The Hall–Kier alpha value is -2.30. The smallest absolute Gasteiger partial charge is 0.337 e. The van der Waals surface area contributed by atoms with E-state index in [9.17, 15) is 9.59 Å². The summed E-state index contributed by atoms with van der Waals surface area (Å²) < 4.78 is 6.07. The Kier molecular flexibility index (Phi) is 2.13. The molecule has 2 heterocycles. The SMILES string of the molecule is O=C(O)c1ccn(C(=O)c2ccco2)c1. The van der Waals surface area contributed by atoms with Gasteiger partial charge in [-0.3, -0.25) is 9.36 Å². The third kappa shape index (κ3) is 1.67. The van der Waals surface area contributed by atoms with Crippen molar-refractivity contribution in [2.75, 3.05) is 0 Å². The van der Waals surface area contributed by atoms with E-state index in [0.29, 0.717) is 0 Å². The van der Waals surface area contributed by atoms with Gasteiger partial charge in [-0.05, 0) is 18.2 Å². The van der Waals surface area contributed by atoms with Gasteiger partial charge in [0.25, 0.3) is 5.91 Å². The number of nitrogens with zero attached hydrogens (tertiary/aromatic N) is 1. The summed E-state index contributed by atoms with van der Waals surface area (Å²) in [7, 11) is 0. The standard InChI is InChI=1S/C10H7NO4/c12-9(8-2-1-5-15-8)11-4-3-7(6-11)10(13)14/h1-6H,(H,13,14). The molecule has 1 N–H and O–H groups in total. The lowest BCUT2D eigenvalue weighted by Crippen LogP contribution is -2.08. The van der Waals surface area contributed by atoms with Gasteiger partial charge in [-0.25, -0.2) is 4.79 Å². The van der Waals surface area contributed by atoms with E-state index in [2.05, 4.69) is 0 Å². The van der Waals surface area contributed by atoms with Crippen LogP contribution in [0.25, 0.3) is 0 Å². The van der Waals surface area contributed by atoms with Crippen molar-refractivity contribution >= 4 is 11.9 Å². The largest absolute Gasteiger partial charge is 0.478 e. The predicted octanol–water partition coefficient (Wildman–Crippen LogP) is 1.47. The fourth-order valence-corrected chi connectivity index (χ4v) is 1.18. The zero-order valence-electron chi connectivity index (χ0n) is 7.58. The van der Waals surface area contributed by atoms with Gasteiger partial charge in [-0.1, -0.05) is 0 Å². The van der Waals surface area contributed by atoms with Crippen molar-refractivity contribution < 1.29 is 19.1 Å². The molecule has 0 amide bonds. The zero-order valence-corrected chi connectivity index (χ0v) is 7.58. The van der Waals surface area contributed by atoms with Crippen LogP contribution in [0.4, 0.5) is 0 Å². The minimum atomic E-state index is -1.07. The highest BCUT2D eigenvalue weighted by atomic mass is 16.4. The topological polar surface area (TPSA) is 72.4 Å². The van der Waals surface area contributed by atoms with Crippen LogP contribution in [0.15, 0.2) is 41.3 Å². The molecule has 0 fully saturated rings. The monoisotopic (exact) mass is 205 g/mol. The molecule has 2 aromatic heterocycles. The lowest BCUT2D eigenvalue weighted by Gasteiger charge is -1.96. The van der Waals surface area contributed by atoms with Crippen LogP contribution in [0.2, 0.25) is 0 Å². The number of carboxylic acid groups (broad SMARTS) is 1. The van der Waals surface area contributed by atoms with Crippen molar-refractivity contribution in [2.24, 2.45) is 0 Å². The predicted molar refractivity (Wildman–Crippen MR) is 49.8 cm³/mol. The number of carbonyl (C=O) groups excluding carboxylic acids is 1. The fourth-order valence-electron chi connectivity index (χ4n) is 1.18. The summed E-state index contributed by atoms with van der Waals surface area (Å²) in [6.07, 6.45) is 4.01. The van der Waals surface area contributed by atoms with Gasteiger partial charge in [0.05, 0.1) is 11.8 Å². The molecule has 0 spiro atoms. The van der Waals surface area contributed by atoms with Gasteiger partial charge in [-0.15, -0.1) is 0 Å². The van der Waals surface area contributed by atoms with E-state index in [1.165, 1.54) is 35.4 Å². The molecular weight excluding hydrogens is 198 g/mol. The second-order valence-corrected chi connectivity index (χ2v) is 2.90. The first-order valence-corrected chi connectivity index (χ1v) is 4.18. The molecule has 0 aliphatic heterocycles. The van der Waals surface area contributed by atoms with Crippen molar-refractivity contribution in [2.45, 2.75) is 0 Å². The third-order valence-corrected chi connectivity index (χ3v) is 1.91. The molecule has 2 aromatic rings. The number of hydrogen-bond acceptors (Lipinski definition) is 3. The number of aromatic nitrogens is 1. The van der Waals surface area contributed by atoms with Crippen molar-refractivity contribution in [3.63, 3.8) is 0 Å². The molecule has 0 unspecified atom stereocenters. The Morgan fingerprint density at radius 3 is 2.67 bits per heavy atom. The van der Waals surface area contributed by atoms with Crippen molar-refractivity contribution in [1.82, 2.24) is 4.57 Å². The molecule has 0 atom stereocenters. The Balaban J connectivity index is 2.31. The maximum atomic E-state index is 11.6. The molecule has 0 bridgehead atoms. The Bertz CT molecular complexity index is 495. The number of aromatic carboxylic acids is 1. The van der Waals surface area contributed by atoms with E-state index >= 15 is 0 Å². The first kappa shape index (κ1) is 9.26. The van der Waals surface area contributed by atoms with Crippen molar-refractivity contribution in [3.8, 4) is 0 Å². The van der Waals surface area contributed by atoms with Crippen LogP contribution in [-0.2, 0) is 0 Å². The van der Waals surface area contributed by atoms with E-state index in [1.54, 1.807) is 6.07 Å². The van der Waals surface area contributed by atoms with E-state index < -0.39 is 11.9 Å². The van der Waals surface area contributed by atoms with Crippen LogP contribution in [0.1, 0.15) is 20.9 Å². The summed E-state index contributed by atoms with van der Waals surface area (Å²) in [6, 6.07) is 4.46. The van der Waals surface area contributed by atoms with E-state index in [-0.39, 0.29) is 11.3 Å². The second kappa shape index (κ2) is 3.45. The molecular formula is C10H7NO4. The van der Waals surface area contributed by atoms with Gasteiger partial charge < -0.3 is 9.52 Å². The summed E-state index contributed by atoms with van der Waals surface area (Å²) in [6.45, 7) is 0. The van der Waals surface area contributed by atoms with Crippen molar-refractivity contribution in [1.29, 1.82) is 0 Å². The third-order valence-electron chi connectivity index (χ3n) is 1.91. The number of carboxylic acids is 1. The molecule has 0 aromatic carbocycles. The maximum Gasteiger partial charge on any atom is 0.337 e. The van der Waals surface area contributed by atoms with E-state index in [4.69, 9.17) is 9.52 Å². The first-order chi connectivity index (χ1) is 7.18. The number of furan rings is 1. The van der Waals surface area contributed by atoms with Crippen LogP contribution < -0.4 is 0 Å². The summed E-state index contributed by atoms with van der Waals surface area (Å²) in [4.78, 5) is 22.2. The van der Waals surface area contributed by atoms with E-state index in [1.807, 2.05) is 0 Å². The highest BCUT2D eigenvalue weighted by Gasteiger charge is 2.13. The van der Waals surface area contributed by atoms with Gasteiger partial charge in [0.1, 0.15) is 0 Å². The van der Waals surface area contributed by atoms with Crippen LogP contribution >= 0.6 is 0 Å². The minimum absolute atomic E-state index is 0.0647. The molecule has 2 rings (SSSR count). The maximum absolute atomic E-state index is 11.6. The molecule has 5 nitrogen and oxygen atoms in total. The van der Waals surface area contributed by atoms with Crippen LogP contribution in [0.5, 0.6) is 0 Å². The van der Waals surface area contributed by atoms with Gasteiger partial charge in [0.15, 0.2) is 5.76 Å². The molecule has 76 valence electrons. The molecule has 0 aliphatic rings. The molecule has 5 heteroatoms. The van der Waals surface area contributed by atoms with Gasteiger partial charge in [-0.2, -0.15) is 0 Å². The molecule has 0 radical (unpaired) electrons. The lowest BCUT2D eigenvalue weighted by molar-refractivity contribution is 0.0697. The van der Waals surface area contributed by atoms with Crippen LogP contribution in [-0.4, -0.2) is 21.6 Å². The average Bonchev–Trinajstić information content (AvgIpc) is 2.88. The second-order valence-electron chi connectivity index (χ2n) is 2.90. The van der Waals surface area contributed by atoms with E-state index in [0.717, 1.165) is 0 Å². The van der Waals surface area contributed by atoms with Gasteiger partial charge in [0, 0.05) is 12.4 Å². The Morgan fingerprint density at radius 1 is 1.33 bits per heavy atom. The molecule has 15 heavy (non-hydrogen) atoms. The molecule has 0 saturated carbocycles.